The van der Waals surface area contributed by atoms with E-state index in [-0.39, 0.29) is 11.3 Å². The number of benzene rings is 2. The zero-order chi connectivity index (χ0) is 18.1. The minimum atomic E-state index is -0.965. The van der Waals surface area contributed by atoms with Gasteiger partial charge in [0.2, 0.25) is 0 Å². The zero-order valence-corrected chi connectivity index (χ0v) is 14.4. The molecule has 0 aliphatic carbocycles. The summed E-state index contributed by atoms with van der Waals surface area (Å²) in [6.45, 7) is 2.08. The lowest BCUT2D eigenvalue weighted by Crippen LogP contribution is -2.35. The molecule has 0 atom stereocenters. The monoisotopic (exact) mass is 350 g/mol. The summed E-state index contributed by atoms with van der Waals surface area (Å²) in [5.41, 5.74) is 7.70. The van der Waals surface area contributed by atoms with E-state index in [1.54, 1.807) is 18.3 Å². The van der Waals surface area contributed by atoms with Crippen molar-refractivity contribution in [1.29, 1.82) is 0 Å². The van der Waals surface area contributed by atoms with Crippen molar-refractivity contribution in [2.75, 3.05) is 23.4 Å². The van der Waals surface area contributed by atoms with Gasteiger partial charge < -0.3 is 15.1 Å². The van der Waals surface area contributed by atoms with Gasteiger partial charge in [-0.1, -0.05) is 5.75 Å². The van der Waals surface area contributed by atoms with Crippen LogP contribution in [-0.2, 0) is 12.8 Å². The van der Waals surface area contributed by atoms with Crippen LogP contribution < -0.4 is 15.4 Å². The van der Waals surface area contributed by atoms with Crippen LogP contribution in [-0.4, -0.2) is 30.4 Å². The summed E-state index contributed by atoms with van der Waals surface area (Å²) in [5, 5.41) is 25.9. The standard InChI is InChI=1S/C20H21N3O3/c24-19-15(12-21-22-16-7-5-13(6-8-16)20(25)26)11-14-3-1-9-23-10-2-4-17(19)18(14)23/h5-8,11-12,22,24H,1-4,9-10H2,(H,25,26)/p-1/b21-12+. The van der Waals surface area contributed by atoms with Crippen LogP contribution in [0.3, 0.4) is 0 Å². The van der Waals surface area contributed by atoms with Crippen LogP contribution in [0.1, 0.15) is 39.9 Å². The Hall–Kier alpha value is -3.02. The Morgan fingerprint density at radius 3 is 2.65 bits per heavy atom. The molecule has 134 valence electrons. The highest BCUT2D eigenvalue weighted by molar-refractivity contribution is 5.89. The summed E-state index contributed by atoms with van der Waals surface area (Å²) < 4.78 is 0. The number of carboxylic acid groups (broad SMARTS) is 1. The first-order chi connectivity index (χ1) is 12.6. The molecule has 0 saturated heterocycles. The average Bonchev–Trinajstić information content (AvgIpc) is 2.66. The highest BCUT2D eigenvalue weighted by atomic mass is 16.4. The van der Waals surface area contributed by atoms with Gasteiger partial charge in [0, 0.05) is 18.8 Å². The van der Waals surface area contributed by atoms with Crippen molar-refractivity contribution in [3.05, 3.63) is 52.6 Å². The van der Waals surface area contributed by atoms with Gasteiger partial charge in [-0.05, 0) is 72.7 Å². The molecule has 0 fully saturated rings. The Kier molecular flexibility index (Phi) is 4.24. The number of anilines is 2. The zero-order valence-electron chi connectivity index (χ0n) is 14.4. The molecule has 2 N–H and O–H groups in total. The lowest BCUT2D eigenvalue weighted by Gasteiger charge is -2.39. The summed E-state index contributed by atoms with van der Waals surface area (Å²) in [5.74, 6) is -0.893. The van der Waals surface area contributed by atoms with E-state index in [9.17, 15) is 9.90 Å². The van der Waals surface area contributed by atoms with Crippen LogP contribution in [0, 0.1) is 0 Å². The second kappa shape index (κ2) is 6.71. The van der Waals surface area contributed by atoms with Gasteiger partial charge in [0.15, 0.2) is 0 Å². The summed E-state index contributed by atoms with van der Waals surface area (Å²) in [6.07, 6.45) is 5.55. The number of nitrogens with one attached hydrogen (secondary N) is 1. The van der Waals surface area contributed by atoms with Crippen molar-refractivity contribution in [2.24, 2.45) is 5.10 Å². The number of aromatic carboxylic acids is 1. The molecule has 2 heterocycles. The Bertz CT molecular complexity index is 873. The van der Waals surface area contributed by atoms with E-state index in [0.29, 0.717) is 11.3 Å². The van der Waals surface area contributed by atoms with Crippen molar-refractivity contribution < 1.29 is 15.0 Å². The molecular weight excluding hydrogens is 330 g/mol. The predicted octanol–water partition coefficient (Wildman–Crippen LogP) is 2.60. The molecule has 0 radical (unpaired) electrons. The van der Waals surface area contributed by atoms with Crippen LogP contribution in [0.5, 0.6) is 5.75 Å². The van der Waals surface area contributed by atoms with E-state index in [4.69, 9.17) is 5.11 Å². The highest BCUT2D eigenvalue weighted by Crippen LogP contribution is 2.40. The van der Waals surface area contributed by atoms with Crippen LogP contribution >= 0.6 is 0 Å². The molecule has 0 saturated carbocycles. The number of carbonyl (C=O) groups is 1. The molecule has 26 heavy (non-hydrogen) atoms. The molecule has 6 heteroatoms. The molecule has 2 aromatic rings. The largest absolute Gasteiger partial charge is 0.872 e. The topological polar surface area (TPSA) is 88.0 Å². The minimum absolute atomic E-state index is 0.0714. The van der Waals surface area contributed by atoms with Crippen molar-refractivity contribution in [3.63, 3.8) is 0 Å². The predicted molar refractivity (Wildman–Crippen MR) is 99.4 cm³/mol. The lowest BCUT2D eigenvalue weighted by molar-refractivity contribution is -0.269. The maximum absolute atomic E-state index is 12.8. The average molecular weight is 350 g/mol. The van der Waals surface area contributed by atoms with E-state index in [1.165, 1.54) is 23.4 Å². The van der Waals surface area contributed by atoms with Crippen molar-refractivity contribution >= 4 is 23.6 Å². The molecule has 4 rings (SSSR count). The number of rotatable bonds is 4. The third kappa shape index (κ3) is 2.98. The quantitative estimate of drug-likeness (QED) is 0.654. The van der Waals surface area contributed by atoms with Gasteiger partial charge in [0.25, 0.3) is 0 Å². The van der Waals surface area contributed by atoms with Crippen molar-refractivity contribution in [1.82, 2.24) is 0 Å². The van der Waals surface area contributed by atoms with Crippen molar-refractivity contribution in [3.8, 4) is 5.75 Å². The van der Waals surface area contributed by atoms with Crippen molar-refractivity contribution in [2.45, 2.75) is 25.7 Å². The number of hydrogen-bond acceptors (Lipinski definition) is 5. The van der Waals surface area contributed by atoms with E-state index in [2.05, 4.69) is 15.4 Å². The molecule has 0 amide bonds. The fraction of sp³-hybridized carbons (Fsp3) is 0.300. The van der Waals surface area contributed by atoms with Gasteiger partial charge in [-0.25, -0.2) is 4.79 Å². The smallest absolute Gasteiger partial charge is 0.335 e. The maximum atomic E-state index is 12.8. The molecule has 0 spiro atoms. The highest BCUT2D eigenvalue weighted by Gasteiger charge is 2.24. The molecule has 2 aromatic carbocycles. The Labute approximate surface area is 151 Å². The van der Waals surface area contributed by atoms with Crippen LogP contribution in [0.2, 0.25) is 0 Å². The van der Waals surface area contributed by atoms with Gasteiger partial charge >= 0.3 is 5.97 Å². The molecule has 0 unspecified atom stereocenters. The molecule has 2 aliphatic rings. The number of aryl methyl sites for hydroxylation is 1. The molecule has 0 aromatic heterocycles. The first kappa shape index (κ1) is 16.4. The molecule has 6 nitrogen and oxygen atoms in total. The van der Waals surface area contributed by atoms with Crippen LogP contribution in [0.25, 0.3) is 0 Å². The van der Waals surface area contributed by atoms with Gasteiger partial charge in [-0.15, -0.1) is 0 Å². The summed E-state index contributed by atoms with van der Waals surface area (Å²) in [7, 11) is 0. The Balaban J connectivity index is 1.56. The molecule has 0 bridgehead atoms. The van der Waals surface area contributed by atoms with Crippen LogP contribution in [0.15, 0.2) is 35.4 Å². The normalized spacial score (nSPS) is 15.8. The first-order valence-corrected chi connectivity index (χ1v) is 8.86. The summed E-state index contributed by atoms with van der Waals surface area (Å²) in [6, 6.07) is 8.28. The third-order valence-corrected chi connectivity index (χ3v) is 5.03. The van der Waals surface area contributed by atoms with Gasteiger partial charge in [-0.3, -0.25) is 5.43 Å². The first-order valence-electron chi connectivity index (χ1n) is 8.86. The van der Waals surface area contributed by atoms with Gasteiger partial charge in [-0.2, -0.15) is 5.10 Å². The van der Waals surface area contributed by atoms with E-state index in [0.717, 1.165) is 44.3 Å². The minimum Gasteiger partial charge on any atom is -0.872 e. The summed E-state index contributed by atoms with van der Waals surface area (Å²) in [4.78, 5) is 13.2. The fourth-order valence-corrected chi connectivity index (χ4v) is 3.82. The number of hydrazone groups is 1. The number of hydrogen-bond donors (Lipinski definition) is 2. The van der Waals surface area contributed by atoms with Gasteiger partial charge in [0.1, 0.15) is 0 Å². The Morgan fingerprint density at radius 1 is 1.19 bits per heavy atom. The lowest BCUT2D eigenvalue weighted by atomic mass is 9.89. The number of carboxylic acids is 1. The second-order valence-electron chi connectivity index (χ2n) is 6.73. The molecule has 2 aliphatic heterocycles. The Morgan fingerprint density at radius 2 is 1.92 bits per heavy atom. The SMILES string of the molecule is O=C(O)c1ccc(N/N=C/c2cc3c4c(c2[O-])CCCN4CCC3)cc1. The van der Waals surface area contributed by atoms with E-state index < -0.39 is 5.97 Å². The van der Waals surface area contributed by atoms with E-state index >= 15 is 0 Å². The van der Waals surface area contributed by atoms with Gasteiger partial charge in [0.05, 0.1) is 17.5 Å². The van der Waals surface area contributed by atoms with E-state index in [1.807, 2.05) is 6.07 Å². The van der Waals surface area contributed by atoms with Crippen LogP contribution in [0.4, 0.5) is 11.4 Å². The molecular formula is C20H20N3O3-. The number of nitrogens with zero attached hydrogens (tertiary/aromatic N) is 2. The second-order valence-corrected chi connectivity index (χ2v) is 6.73. The fourth-order valence-electron chi connectivity index (χ4n) is 3.82. The third-order valence-electron chi connectivity index (χ3n) is 5.03. The summed E-state index contributed by atoms with van der Waals surface area (Å²) >= 11 is 0. The maximum Gasteiger partial charge on any atom is 0.335 e.